The Bertz CT molecular complexity index is 945. The number of nitrogens with zero attached hydrogens (tertiary/aromatic N) is 3. The second kappa shape index (κ2) is 12.0. The number of carbonyl (C=O) groups excluding carboxylic acids is 1. The fourth-order valence-corrected chi connectivity index (χ4v) is 6.57. The standard InChI is InChI=1S/C24H33F3N4O2S2/c1-16-28-15-19(34-16)14-22(32)29-18-4-2-17(3-5-18)6-10-31-11-7-20-21(8-12-31)35-23(30-20)33-13-9-24(25,26)27/h15,17-18H,2-14H2,1H3,(H,29,32). The first-order chi connectivity index (χ1) is 16.7. The second-order valence-corrected chi connectivity index (χ2v) is 11.9. The van der Waals surface area contributed by atoms with Crippen molar-refractivity contribution in [3.05, 3.63) is 26.7 Å². The highest BCUT2D eigenvalue weighted by molar-refractivity contribution is 7.13. The number of hydrogen-bond acceptors (Lipinski definition) is 7. The summed E-state index contributed by atoms with van der Waals surface area (Å²) in [5.41, 5.74) is 0.976. The van der Waals surface area contributed by atoms with E-state index in [2.05, 4.69) is 20.2 Å². The molecule has 1 fully saturated rings. The van der Waals surface area contributed by atoms with Gasteiger partial charge in [0.1, 0.15) is 0 Å². The Morgan fingerprint density at radius 1 is 1.20 bits per heavy atom. The average molecular weight is 531 g/mol. The Labute approximate surface area is 212 Å². The van der Waals surface area contributed by atoms with Crippen LogP contribution in [0.5, 0.6) is 5.19 Å². The maximum Gasteiger partial charge on any atom is 0.392 e. The van der Waals surface area contributed by atoms with Gasteiger partial charge in [-0.05, 0) is 57.9 Å². The molecule has 1 aliphatic heterocycles. The lowest BCUT2D eigenvalue weighted by molar-refractivity contribution is -0.139. The number of thiazole rings is 2. The van der Waals surface area contributed by atoms with Crippen molar-refractivity contribution in [2.24, 2.45) is 5.92 Å². The zero-order valence-electron chi connectivity index (χ0n) is 20.0. The molecule has 2 aliphatic rings. The number of nitrogens with one attached hydrogen (secondary N) is 1. The Kier molecular flexibility index (Phi) is 9.04. The Morgan fingerprint density at radius 2 is 1.97 bits per heavy atom. The fourth-order valence-electron chi connectivity index (χ4n) is 4.81. The number of amides is 1. The van der Waals surface area contributed by atoms with Gasteiger partial charge in [-0.2, -0.15) is 13.2 Å². The quantitative estimate of drug-likeness (QED) is 0.497. The van der Waals surface area contributed by atoms with Gasteiger partial charge < -0.3 is 15.0 Å². The molecule has 0 unspecified atom stereocenters. The molecule has 0 aromatic carbocycles. The fraction of sp³-hybridized carbons (Fsp3) is 0.708. The van der Waals surface area contributed by atoms with Crippen LogP contribution in [-0.2, 0) is 24.1 Å². The molecule has 1 aliphatic carbocycles. The van der Waals surface area contributed by atoms with Gasteiger partial charge in [0.15, 0.2) is 0 Å². The molecular formula is C24H33F3N4O2S2. The Balaban J connectivity index is 1.12. The first-order valence-electron chi connectivity index (χ1n) is 12.3. The molecule has 11 heteroatoms. The van der Waals surface area contributed by atoms with Crippen LogP contribution in [0.15, 0.2) is 6.20 Å². The summed E-state index contributed by atoms with van der Waals surface area (Å²) in [5.74, 6) is 0.785. The lowest BCUT2D eigenvalue weighted by Gasteiger charge is -2.30. The number of alkyl halides is 3. The van der Waals surface area contributed by atoms with Gasteiger partial charge in [-0.15, -0.1) is 11.3 Å². The molecule has 6 nitrogen and oxygen atoms in total. The summed E-state index contributed by atoms with van der Waals surface area (Å²) in [7, 11) is 0. The van der Waals surface area contributed by atoms with Gasteiger partial charge in [0.05, 0.1) is 30.2 Å². The molecule has 4 rings (SSSR count). The van der Waals surface area contributed by atoms with E-state index in [1.165, 1.54) is 11.3 Å². The van der Waals surface area contributed by atoms with E-state index in [0.29, 0.717) is 17.5 Å². The van der Waals surface area contributed by atoms with E-state index in [4.69, 9.17) is 4.74 Å². The third-order valence-electron chi connectivity index (χ3n) is 6.76. The van der Waals surface area contributed by atoms with Gasteiger partial charge in [0.25, 0.3) is 5.19 Å². The highest BCUT2D eigenvalue weighted by Gasteiger charge is 2.28. The molecule has 1 N–H and O–H groups in total. The summed E-state index contributed by atoms with van der Waals surface area (Å²) in [6.45, 7) is 4.49. The van der Waals surface area contributed by atoms with Crippen LogP contribution in [0.25, 0.3) is 0 Å². The predicted octanol–water partition coefficient (Wildman–Crippen LogP) is 4.95. The minimum Gasteiger partial charge on any atom is -0.470 e. The van der Waals surface area contributed by atoms with Crippen molar-refractivity contribution in [3.63, 3.8) is 0 Å². The molecule has 3 heterocycles. The lowest BCUT2D eigenvalue weighted by atomic mass is 9.84. The molecule has 1 amide bonds. The van der Waals surface area contributed by atoms with Crippen LogP contribution in [0.3, 0.4) is 0 Å². The van der Waals surface area contributed by atoms with Crippen LogP contribution < -0.4 is 10.1 Å². The summed E-state index contributed by atoms with van der Waals surface area (Å²) in [4.78, 5) is 25.6. The van der Waals surface area contributed by atoms with Crippen molar-refractivity contribution in [1.82, 2.24) is 20.2 Å². The van der Waals surface area contributed by atoms with E-state index in [9.17, 15) is 18.0 Å². The van der Waals surface area contributed by atoms with Crippen molar-refractivity contribution in [2.75, 3.05) is 26.2 Å². The first kappa shape index (κ1) is 26.3. The molecule has 0 spiro atoms. The molecule has 0 atom stereocenters. The third kappa shape index (κ3) is 8.42. The second-order valence-electron chi connectivity index (χ2n) is 9.50. The van der Waals surface area contributed by atoms with Crippen LogP contribution in [-0.4, -0.2) is 59.2 Å². The number of ether oxygens (including phenoxy) is 1. The average Bonchev–Trinajstić information content (AvgIpc) is 3.33. The van der Waals surface area contributed by atoms with E-state index in [0.717, 1.165) is 85.0 Å². The van der Waals surface area contributed by atoms with Crippen LogP contribution in [0.4, 0.5) is 13.2 Å². The molecule has 35 heavy (non-hydrogen) atoms. The summed E-state index contributed by atoms with van der Waals surface area (Å²) < 4.78 is 42.2. The maximum atomic E-state index is 12.3. The highest BCUT2D eigenvalue weighted by atomic mass is 32.1. The minimum atomic E-state index is -4.20. The summed E-state index contributed by atoms with van der Waals surface area (Å²) in [5, 5.41) is 4.55. The van der Waals surface area contributed by atoms with Crippen LogP contribution in [0.1, 0.15) is 59.0 Å². The maximum absolute atomic E-state index is 12.3. The molecular weight excluding hydrogens is 497 g/mol. The largest absolute Gasteiger partial charge is 0.470 e. The van der Waals surface area contributed by atoms with Crippen molar-refractivity contribution in [2.45, 2.75) is 76.9 Å². The van der Waals surface area contributed by atoms with Gasteiger partial charge in [0, 0.05) is 41.5 Å². The number of aryl methyl sites for hydroxylation is 1. The lowest BCUT2D eigenvalue weighted by Crippen LogP contribution is -2.38. The molecule has 2 aromatic heterocycles. The molecule has 1 saturated carbocycles. The molecule has 2 aromatic rings. The normalized spacial score (nSPS) is 21.4. The highest BCUT2D eigenvalue weighted by Crippen LogP contribution is 2.31. The van der Waals surface area contributed by atoms with E-state index in [1.807, 2.05) is 6.92 Å². The van der Waals surface area contributed by atoms with Crippen LogP contribution >= 0.6 is 22.7 Å². The van der Waals surface area contributed by atoms with Crippen LogP contribution in [0, 0.1) is 12.8 Å². The molecule has 0 bridgehead atoms. The van der Waals surface area contributed by atoms with Gasteiger partial charge >= 0.3 is 6.18 Å². The zero-order chi connectivity index (χ0) is 24.8. The molecule has 0 saturated heterocycles. The summed E-state index contributed by atoms with van der Waals surface area (Å²) >= 11 is 2.97. The monoisotopic (exact) mass is 530 g/mol. The number of hydrogen-bond donors (Lipinski definition) is 1. The minimum absolute atomic E-state index is 0.0941. The zero-order valence-corrected chi connectivity index (χ0v) is 21.7. The van der Waals surface area contributed by atoms with Gasteiger partial charge in [-0.1, -0.05) is 11.3 Å². The van der Waals surface area contributed by atoms with Gasteiger partial charge in [0.2, 0.25) is 5.91 Å². The van der Waals surface area contributed by atoms with E-state index in [1.54, 1.807) is 17.5 Å². The van der Waals surface area contributed by atoms with Crippen LogP contribution in [0.2, 0.25) is 0 Å². The van der Waals surface area contributed by atoms with Crippen molar-refractivity contribution < 1.29 is 22.7 Å². The first-order valence-corrected chi connectivity index (χ1v) is 14.0. The number of carbonyl (C=O) groups is 1. The van der Waals surface area contributed by atoms with E-state index < -0.39 is 12.6 Å². The van der Waals surface area contributed by atoms with Gasteiger partial charge in [-0.3, -0.25) is 4.79 Å². The number of fused-ring (bicyclic) bond motifs is 1. The van der Waals surface area contributed by atoms with Crippen molar-refractivity contribution >= 4 is 28.6 Å². The van der Waals surface area contributed by atoms with Crippen molar-refractivity contribution in [1.29, 1.82) is 0 Å². The van der Waals surface area contributed by atoms with Gasteiger partial charge in [-0.25, -0.2) is 9.97 Å². The SMILES string of the molecule is Cc1ncc(CC(=O)NC2CCC(CCN3CCc4nc(OCCC(F)(F)F)sc4CC3)CC2)s1. The Hall–Kier alpha value is -1.72. The van der Waals surface area contributed by atoms with Crippen molar-refractivity contribution in [3.8, 4) is 5.19 Å². The predicted molar refractivity (Wildman–Crippen MR) is 131 cm³/mol. The topological polar surface area (TPSA) is 67.4 Å². The summed E-state index contributed by atoms with van der Waals surface area (Å²) in [6.07, 6.45) is 4.26. The molecule has 0 radical (unpaired) electrons. The summed E-state index contributed by atoms with van der Waals surface area (Å²) in [6, 6.07) is 0.278. The third-order valence-corrected chi connectivity index (χ3v) is 8.74. The molecule has 194 valence electrons. The van der Waals surface area contributed by atoms with E-state index in [-0.39, 0.29) is 18.6 Å². The number of rotatable bonds is 9. The number of aromatic nitrogens is 2. The number of halogens is 3. The van der Waals surface area contributed by atoms with E-state index >= 15 is 0 Å². The Morgan fingerprint density at radius 3 is 2.69 bits per heavy atom. The smallest absolute Gasteiger partial charge is 0.392 e.